The van der Waals surface area contributed by atoms with E-state index < -0.39 is 0 Å². The van der Waals surface area contributed by atoms with Crippen molar-refractivity contribution in [1.82, 2.24) is 4.98 Å². The van der Waals surface area contributed by atoms with E-state index in [9.17, 15) is 4.79 Å². The average Bonchev–Trinajstić information content (AvgIpc) is 2.76. The molecule has 1 amide bonds. The summed E-state index contributed by atoms with van der Waals surface area (Å²) in [6.45, 7) is 3.73. The van der Waals surface area contributed by atoms with Crippen LogP contribution in [0.3, 0.4) is 0 Å². The molecule has 0 radical (unpaired) electrons. The lowest BCUT2D eigenvalue weighted by Gasteiger charge is -2.05. The number of benzene rings is 1. The first-order valence-electron chi connectivity index (χ1n) is 6.09. The molecule has 0 bridgehead atoms. The molecule has 6 heteroatoms. The van der Waals surface area contributed by atoms with E-state index in [1.165, 1.54) is 11.8 Å². The summed E-state index contributed by atoms with van der Waals surface area (Å²) in [6, 6.07) is 7.18. The van der Waals surface area contributed by atoms with Crippen LogP contribution in [0.4, 0.5) is 5.69 Å². The number of ether oxygens (including phenoxy) is 1. The number of carbonyl (C=O) groups is 1. The zero-order chi connectivity index (χ0) is 14.5. The number of hydrogen-bond donors (Lipinski definition) is 1. The number of hydrogen-bond acceptors (Lipinski definition) is 5. The summed E-state index contributed by atoms with van der Waals surface area (Å²) < 4.78 is 10.5. The summed E-state index contributed by atoms with van der Waals surface area (Å²) in [5.74, 6) is 1.69. The van der Waals surface area contributed by atoms with Crippen molar-refractivity contribution in [3.63, 3.8) is 0 Å². The van der Waals surface area contributed by atoms with Crippen LogP contribution in [-0.4, -0.2) is 23.8 Å². The lowest BCUT2D eigenvalue weighted by molar-refractivity contribution is -0.113. The Morgan fingerprint density at radius 3 is 2.60 bits per heavy atom. The average molecular weight is 292 g/mol. The van der Waals surface area contributed by atoms with Crippen molar-refractivity contribution in [1.29, 1.82) is 0 Å². The van der Waals surface area contributed by atoms with Gasteiger partial charge in [-0.2, -0.15) is 0 Å². The number of aromatic nitrogens is 1. The maximum atomic E-state index is 11.8. The van der Waals surface area contributed by atoms with Gasteiger partial charge < -0.3 is 14.5 Å². The van der Waals surface area contributed by atoms with Gasteiger partial charge in [0.1, 0.15) is 11.5 Å². The second-order valence-electron chi connectivity index (χ2n) is 4.19. The van der Waals surface area contributed by atoms with Crippen LogP contribution in [0.5, 0.6) is 5.75 Å². The topological polar surface area (TPSA) is 64.4 Å². The van der Waals surface area contributed by atoms with E-state index in [0.29, 0.717) is 5.22 Å². The molecule has 0 saturated heterocycles. The predicted octanol–water partition coefficient (Wildman–Crippen LogP) is 3.03. The van der Waals surface area contributed by atoms with Crippen LogP contribution in [0.1, 0.15) is 11.5 Å². The standard InChI is InChI=1S/C14H16N2O3S/c1-9-10(2)19-14(15-9)20-8-13(17)16-11-4-6-12(18-3)7-5-11/h4-7H,8H2,1-3H3,(H,16,17). The highest BCUT2D eigenvalue weighted by Gasteiger charge is 2.09. The van der Waals surface area contributed by atoms with E-state index in [1.54, 1.807) is 31.4 Å². The van der Waals surface area contributed by atoms with E-state index in [2.05, 4.69) is 10.3 Å². The summed E-state index contributed by atoms with van der Waals surface area (Å²) in [5.41, 5.74) is 1.58. The van der Waals surface area contributed by atoms with Crippen LogP contribution in [0.25, 0.3) is 0 Å². The lowest BCUT2D eigenvalue weighted by atomic mass is 10.3. The van der Waals surface area contributed by atoms with Crippen molar-refractivity contribution in [2.45, 2.75) is 19.1 Å². The van der Waals surface area contributed by atoms with E-state index in [4.69, 9.17) is 9.15 Å². The first-order valence-corrected chi connectivity index (χ1v) is 7.08. The van der Waals surface area contributed by atoms with Gasteiger partial charge in [-0.3, -0.25) is 4.79 Å². The number of methoxy groups -OCH3 is 1. The van der Waals surface area contributed by atoms with Gasteiger partial charge >= 0.3 is 0 Å². The fraction of sp³-hybridized carbons (Fsp3) is 0.286. The molecule has 0 aliphatic heterocycles. The summed E-state index contributed by atoms with van der Waals surface area (Å²) in [6.07, 6.45) is 0. The van der Waals surface area contributed by atoms with E-state index in [0.717, 1.165) is 22.9 Å². The number of aryl methyl sites for hydroxylation is 2. The second-order valence-corrected chi connectivity index (χ2v) is 5.11. The molecule has 1 N–H and O–H groups in total. The van der Waals surface area contributed by atoms with Crippen LogP contribution < -0.4 is 10.1 Å². The smallest absolute Gasteiger partial charge is 0.256 e. The summed E-state index contributed by atoms with van der Waals surface area (Å²) in [5, 5.41) is 3.32. The third-order valence-electron chi connectivity index (χ3n) is 2.71. The van der Waals surface area contributed by atoms with Crippen molar-refractivity contribution in [3.8, 4) is 5.75 Å². The van der Waals surface area contributed by atoms with Gasteiger partial charge in [-0.15, -0.1) is 0 Å². The number of thioether (sulfide) groups is 1. The second kappa shape index (κ2) is 6.47. The van der Waals surface area contributed by atoms with Gasteiger partial charge in [0.2, 0.25) is 5.91 Å². The third kappa shape index (κ3) is 3.77. The van der Waals surface area contributed by atoms with Gasteiger partial charge in [0.25, 0.3) is 5.22 Å². The zero-order valence-corrected chi connectivity index (χ0v) is 12.4. The molecular weight excluding hydrogens is 276 g/mol. The molecule has 0 saturated carbocycles. The molecule has 0 aliphatic carbocycles. The van der Waals surface area contributed by atoms with Gasteiger partial charge in [-0.1, -0.05) is 11.8 Å². The Balaban J connectivity index is 1.85. The first kappa shape index (κ1) is 14.5. The van der Waals surface area contributed by atoms with Crippen molar-refractivity contribution >= 4 is 23.4 Å². The minimum absolute atomic E-state index is 0.103. The number of anilines is 1. The summed E-state index contributed by atoms with van der Waals surface area (Å²) in [7, 11) is 1.60. The highest BCUT2D eigenvalue weighted by atomic mass is 32.2. The van der Waals surface area contributed by atoms with Crippen molar-refractivity contribution in [3.05, 3.63) is 35.7 Å². The fourth-order valence-electron chi connectivity index (χ4n) is 1.50. The Hall–Kier alpha value is -1.95. The van der Waals surface area contributed by atoms with E-state index in [-0.39, 0.29) is 11.7 Å². The molecule has 0 fully saturated rings. The molecular formula is C14H16N2O3S. The van der Waals surface area contributed by atoms with Gasteiger partial charge in [-0.05, 0) is 38.1 Å². The molecule has 106 valence electrons. The normalized spacial score (nSPS) is 10.3. The zero-order valence-electron chi connectivity index (χ0n) is 11.6. The molecule has 5 nitrogen and oxygen atoms in total. The number of nitrogens with zero attached hydrogens (tertiary/aromatic N) is 1. The molecule has 0 aliphatic rings. The Kier molecular flexibility index (Phi) is 4.68. The van der Waals surface area contributed by atoms with Crippen molar-refractivity contribution in [2.75, 3.05) is 18.2 Å². The Morgan fingerprint density at radius 2 is 2.05 bits per heavy atom. The van der Waals surface area contributed by atoms with Crippen LogP contribution in [0.15, 0.2) is 33.9 Å². The minimum Gasteiger partial charge on any atom is -0.497 e. The van der Waals surface area contributed by atoms with Gasteiger partial charge in [0.15, 0.2) is 0 Å². The van der Waals surface area contributed by atoms with Crippen molar-refractivity contribution in [2.24, 2.45) is 0 Å². The number of oxazole rings is 1. The number of nitrogens with one attached hydrogen (secondary N) is 1. The quantitative estimate of drug-likeness (QED) is 0.858. The molecule has 2 rings (SSSR count). The minimum atomic E-state index is -0.103. The maximum Gasteiger partial charge on any atom is 0.256 e. The third-order valence-corrected chi connectivity index (χ3v) is 3.54. The van der Waals surface area contributed by atoms with Gasteiger partial charge in [-0.25, -0.2) is 4.98 Å². The van der Waals surface area contributed by atoms with Crippen molar-refractivity contribution < 1.29 is 13.9 Å². The molecule has 1 aromatic heterocycles. The fourth-order valence-corrected chi connectivity index (χ4v) is 2.22. The summed E-state index contributed by atoms with van der Waals surface area (Å²) >= 11 is 1.28. The summed E-state index contributed by atoms with van der Waals surface area (Å²) in [4.78, 5) is 16.0. The largest absolute Gasteiger partial charge is 0.497 e. The lowest BCUT2D eigenvalue weighted by Crippen LogP contribution is -2.13. The van der Waals surface area contributed by atoms with Crippen LogP contribution in [-0.2, 0) is 4.79 Å². The maximum absolute atomic E-state index is 11.8. The van der Waals surface area contributed by atoms with Crippen LogP contribution >= 0.6 is 11.8 Å². The van der Waals surface area contributed by atoms with Gasteiger partial charge in [0, 0.05) is 5.69 Å². The molecule has 0 atom stereocenters. The highest BCUT2D eigenvalue weighted by Crippen LogP contribution is 2.20. The number of amides is 1. The molecule has 0 unspecified atom stereocenters. The number of rotatable bonds is 5. The Bertz CT molecular complexity index is 573. The van der Waals surface area contributed by atoms with Gasteiger partial charge in [0.05, 0.1) is 18.6 Å². The van der Waals surface area contributed by atoms with Crippen LogP contribution in [0, 0.1) is 13.8 Å². The molecule has 2 aromatic rings. The molecule has 1 aromatic carbocycles. The Labute approximate surface area is 121 Å². The highest BCUT2D eigenvalue weighted by molar-refractivity contribution is 7.99. The first-order chi connectivity index (χ1) is 9.58. The predicted molar refractivity (Wildman–Crippen MR) is 78.3 cm³/mol. The molecule has 1 heterocycles. The Morgan fingerprint density at radius 1 is 1.35 bits per heavy atom. The number of carbonyl (C=O) groups excluding carboxylic acids is 1. The van der Waals surface area contributed by atoms with E-state index >= 15 is 0 Å². The molecule has 20 heavy (non-hydrogen) atoms. The monoisotopic (exact) mass is 292 g/mol. The van der Waals surface area contributed by atoms with Crippen LogP contribution in [0.2, 0.25) is 0 Å². The molecule has 0 spiro atoms. The van der Waals surface area contributed by atoms with E-state index in [1.807, 2.05) is 13.8 Å². The SMILES string of the molecule is COc1ccc(NC(=O)CSc2nc(C)c(C)o2)cc1.